The molecule has 2 nitrogen and oxygen atoms in total. The number of nitrogens with zero attached hydrogens (tertiary/aromatic N) is 1. The normalized spacial score (nSPS) is 18.3. The average Bonchev–Trinajstić information content (AvgIpc) is 2.91. The minimum Gasteiger partial charge on any atom is -0.329 e. The van der Waals surface area contributed by atoms with Gasteiger partial charge in [-0.3, -0.25) is 4.90 Å². The molecule has 0 spiro atoms. The highest BCUT2D eigenvalue weighted by molar-refractivity contribution is 4.95. The first-order valence-corrected chi connectivity index (χ1v) is 8.74. The van der Waals surface area contributed by atoms with Gasteiger partial charge in [0.05, 0.1) is 0 Å². The van der Waals surface area contributed by atoms with E-state index in [9.17, 15) is 0 Å². The van der Waals surface area contributed by atoms with Gasteiger partial charge < -0.3 is 5.73 Å². The lowest BCUT2D eigenvalue weighted by Crippen LogP contribution is -2.52. The number of rotatable bonds is 11. The second-order valence-electron chi connectivity index (χ2n) is 6.39. The van der Waals surface area contributed by atoms with Crippen LogP contribution in [0.2, 0.25) is 0 Å². The summed E-state index contributed by atoms with van der Waals surface area (Å²) in [6, 6.07) is 0. The van der Waals surface area contributed by atoms with Crippen LogP contribution in [0.3, 0.4) is 0 Å². The summed E-state index contributed by atoms with van der Waals surface area (Å²) in [4.78, 5) is 2.74. The molecule has 0 aromatic rings. The van der Waals surface area contributed by atoms with Crippen molar-refractivity contribution in [2.45, 2.75) is 90.0 Å². The van der Waals surface area contributed by atoms with Gasteiger partial charge in [-0.25, -0.2) is 0 Å². The molecule has 19 heavy (non-hydrogen) atoms. The van der Waals surface area contributed by atoms with E-state index in [0.717, 1.165) is 6.54 Å². The molecule has 1 aliphatic rings. The lowest BCUT2D eigenvalue weighted by molar-refractivity contribution is 0.0962. The molecular formula is C17H36N2. The van der Waals surface area contributed by atoms with Crippen LogP contribution in [0.1, 0.15) is 84.5 Å². The highest BCUT2D eigenvalue weighted by Crippen LogP contribution is 2.34. The molecule has 0 aromatic carbocycles. The Morgan fingerprint density at radius 1 is 0.842 bits per heavy atom. The molecule has 2 heteroatoms. The molecular weight excluding hydrogens is 232 g/mol. The van der Waals surface area contributed by atoms with Gasteiger partial charge in [-0.2, -0.15) is 0 Å². The third-order valence-electron chi connectivity index (χ3n) is 4.86. The summed E-state index contributed by atoms with van der Waals surface area (Å²) in [5.74, 6) is 0. The van der Waals surface area contributed by atoms with E-state index in [-0.39, 0.29) is 0 Å². The van der Waals surface area contributed by atoms with Crippen LogP contribution in [0.4, 0.5) is 0 Å². The Balaban J connectivity index is 2.31. The van der Waals surface area contributed by atoms with Gasteiger partial charge in [0.1, 0.15) is 0 Å². The minimum atomic E-state index is 0.361. The summed E-state index contributed by atoms with van der Waals surface area (Å²) in [7, 11) is 0. The predicted molar refractivity (Wildman–Crippen MR) is 85.5 cm³/mol. The zero-order chi connectivity index (χ0) is 14.0. The highest BCUT2D eigenvalue weighted by Gasteiger charge is 2.37. The lowest BCUT2D eigenvalue weighted by atomic mass is 9.94. The predicted octanol–water partition coefficient (Wildman–Crippen LogP) is 4.33. The van der Waals surface area contributed by atoms with E-state index in [1.165, 1.54) is 83.7 Å². The van der Waals surface area contributed by atoms with Crippen molar-refractivity contribution in [1.29, 1.82) is 0 Å². The molecule has 0 radical (unpaired) electrons. The van der Waals surface area contributed by atoms with Crippen LogP contribution in [0.5, 0.6) is 0 Å². The Bertz CT molecular complexity index is 209. The van der Waals surface area contributed by atoms with Crippen molar-refractivity contribution < 1.29 is 0 Å². The van der Waals surface area contributed by atoms with Crippen molar-refractivity contribution in [3.8, 4) is 0 Å². The Morgan fingerprint density at radius 2 is 1.47 bits per heavy atom. The summed E-state index contributed by atoms with van der Waals surface area (Å²) in [6.45, 7) is 7.97. The van der Waals surface area contributed by atoms with Crippen molar-refractivity contribution in [3.05, 3.63) is 0 Å². The van der Waals surface area contributed by atoms with Crippen molar-refractivity contribution in [3.63, 3.8) is 0 Å². The molecule has 114 valence electrons. The van der Waals surface area contributed by atoms with Gasteiger partial charge in [0.25, 0.3) is 0 Å². The first-order chi connectivity index (χ1) is 9.29. The molecule has 0 saturated heterocycles. The summed E-state index contributed by atoms with van der Waals surface area (Å²) in [5.41, 5.74) is 6.49. The van der Waals surface area contributed by atoms with E-state index in [1.807, 2.05) is 0 Å². The molecule has 0 aliphatic heterocycles. The van der Waals surface area contributed by atoms with E-state index in [4.69, 9.17) is 5.73 Å². The molecule has 0 heterocycles. The topological polar surface area (TPSA) is 29.3 Å². The van der Waals surface area contributed by atoms with Crippen LogP contribution in [0.15, 0.2) is 0 Å². The first-order valence-electron chi connectivity index (χ1n) is 8.74. The van der Waals surface area contributed by atoms with Crippen LogP contribution < -0.4 is 5.73 Å². The molecule has 2 N–H and O–H groups in total. The SMILES string of the molecule is CCCCCCCCN(CCC)C1(CN)CCCC1. The van der Waals surface area contributed by atoms with Crippen molar-refractivity contribution in [2.75, 3.05) is 19.6 Å². The fourth-order valence-electron chi connectivity index (χ4n) is 3.62. The summed E-state index contributed by atoms with van der Waals surface area (Å²) in [5, 5.41) is 0. The first kappa shape index (κ1) is 17.0. The summed E-state index contributed by atoms with van der Waals surface area (Å²) < 4.78 is 0. The average molecular weight is 268 g/mol. The van der Waals surface area contributed by atoms with E-state index in [1.54, 1.807) is 0 Å². The monoisotopic (exact) mass is 268 g/mol. The second kappa shape index (κ2) is 9.77. The summed E-state index contributed by atoms with van der Waals surface area (Å²) >= 11 is 0. The van der Waals surface area contributed by atoms with E-state index in [2.05, 4.69) is 18.7 Å². The maximum Gasteiger partial charge on any atom is 0.0331 e. The number of hydrogen-bond acceptors (Lipinski definition) is 2. The van der Waals surface area contributed by atoms with Crippen LogP contribution in [0, 0.1) is 0 Å². The van der Waals surface area contributed by atoms with Gasteiger partial charge in [-0.1, -0.05) is 58.8 Å². The molecule has 0 unspecified atom stereocenters. The van der Waals surface area contributed by atoms with Gasteiger partial charge in [0, 0.05) is 12.1 Å². The van der Waals surface area contributed by atoms with Crippen LogP contribution in [-0.2, 0) is 0 Å². The molecule has 1 fully saturated rings. The van der Waals surface area contributed by atoms with Crippen molar-refractivity contribution >= 4 is 0 Å². The molecule has 0 atom stereocenters. The van der Waals surface area contributed by atoms with Gasteiger partial charge >= 0.3 is 0 Å². The molecule has 1 rings (SSSR count). The fraction of sp³-hybridized carbons (Fsp3) is 1.00. The van der Waals surface area contributed by atoms with E-state index >= 15 is 0 Å². The van der Waals surface area contributed by atoms with Crippen LogP contribution >= 0.6 is 0 Å². The fourth-order valence-corrected chi connectivity index (χ4v) is 3.62. The minimum absolute atomic E-state index is 0.361. The molecule has 0 amide bonds. The quantitative estimate of drug-likeness (QED) is 0.565. The number of nitrogens with two attached hydrogens (primary N) is 1. The maximum atomic E-state index is 6.13. The summed E-state index contributed by atoms with van der Waals surface area (Å²) in [6.07, 6.45) is 15.1. The molecule has 0 aromatic heterocycles. The molecule has 0 bridgehead atoms. The Labute approximate surface area is 121 Å². The third kappa shape index (κ3) is 5.43. The van der Waals surface area contributed by atoms with Gasteiger partial charge in [0.15, 0.2) is 0 Å². The molecule has 1 saturated carbocycles. The number of unbranched alkanes of at least 4 members (excludes halogenated alkanes) is 5. The Hall–Kier alpha value is -0.0800. The van der Waals surface area contributed by atoms with Crippen LogP contribution in [-0.4, -0.2) is 30.1 Å². The largest absolute Gasteiger partial charge is 0.329 e. The van der Waals surface area contributed by atoms with Crippen LogP contribution in [0.25, 0.3) is 0 Å². The van der Waals surface area contributed by atoms with E-state index < -0.39 is 0 Å². The standard InChI is InChI=1S/C17H36N2/c1-3-5-6-7-8-11-15-19(14-4-2)17(16-18)12-9-10-13-17/h3-16,18H2,1-2H3. The van der Waals surface area contributed by atoms with Gasteiger partial charge in [-0.15, -0.1) is 0 Å². The zero-order valence-corrected chi connectivity index (χ0v) is 13.4. The number of hydrogen-bond donors (Lipinski definition) is 1. The van der Waals surface area contributed by atoms with Crippen molar-refractivity contribution in [1.82, 2.24) is 4.90 Å². The lowest BCUT2D eigenvalue weighted by Gasteiger charge is -2.41. The molecule has 1 aliphatic carbocycles. The Morgan fingerprint density at radius 3 is 2.05 bits per heavy atom. The smallest absolute Gasteiger partial charge is 0.0331 e. The van der Waals surface area contributed by atoms with Gasteiger partial charge in [-0.05, 0) is 38.8 Å². The Kier molecular flexibility index (Phi) is 8.72. The zero-order valence-electron chi connectivity index (χ0n) is 13.4. The van der Waals surface area contributed by atoms with Crippen molar-refractivity contribution in [2.24, 2.45) is 5.73 Å². The second-order valence-corrected chi connectivity index (χ2v) is 6.39. The van der Waals surface area contributed by atoms with E-state index in [0.29, 0.717) is 5.54 Å². The maximum absolute atomic E-state index is 6.13. The third-order valence-corrected chi connectivity index (χ3v) is 4.86. The highest BCUT2D eigenvalue weighted by atomic mass is 15.2. The van der Waals surface area contributed by atoms with Gasteiger partial charge in [0.2, 0.25) is 0 Å².